The zero-order chi connectivity index (χ0) is 39.6. The molecule has 0 N–H and O–H groups in total. The highest BCUT2D eigenvalue weighted by Crippen LogP contribution is 2.51. The predicted molar refractivity (Wildman–Crippen MR) is 256 cm³/mol. The van der Waals surface area contributed by atoms with Crippen molar-refractivity contribution in [1.82, 2.24) is 0 Å². The van der Waals surface area contributed by atoms with Gasteiger partial charge in [-0.05, 0) is 94.7 Å². The lowest BCUT2D eigenvalue weighted by Gasteiger charge is -2.28. The van der Waals surface area contributed by atoms with Crippen LogP contribution in [0.2, 0.25) is 0 Å². The largest absolute Gasteiger partial charge is 0.455 e. The molecule has 0 saturated heterocycles. The van der Waals surface area contributed by atoms with Gasteiger partial charge in [-0.2, -0.15) is 0 Å². The van der Waals surface area contributed by atoms with Crippen LogP contribution in [-0.4, -0.2) is 0 Å². The van der Waals surface area contributed by atoms with Gasteiger partial charge in [-0.15, -0.1) is 11.3 Å². The van der Waals surface area contributed by atoms with Crippen LogP contribution in [0, 0.1) is 0 Å². The zero-order valence-corrected chi connectivity index (χ0v) is 33.3. The summed E-state index contributed by atoms with van der Waals surface area (Å²) < 4.78 is 9.55. The smallest absolute Gasteiger partial charge is 0.145 e. The molecule has 0 amide bonds. The molecule has 12 aromatic rings. The van der Waals surface area contributed by atoms with Crippen molar-refractivity contribution in [3.8, 4) is 11.1 Å². The first-order valence-corrected chi connectivity index (χ1v) is 21.2. The SMILES string of the molecule is c1ccc(-c2ccc(N(c3cccc4sc5ccccc5c34)c3cc4ccccc4c4oc5ccc(N(c6ccccc6)c6cccc7ccccc67)cc5c34)cc2)cc1. The minimum Gasteiger partial charge on any atom is -0.455 e. The second kappa shape index (κ2) is 14.0. The van der Waals surface area contributed by atoms with E-state index in [0.717, 1.165) is 66.8 Å². The van der Waals surface area contributed by atoms with E-state index in [1.54, 1.807) is 0 Å². The van der Waals surface area contributed by atoms with Gasteiger partial charge in [0, 0.05) is 53.4 Å². The fourth-order valence-electron chi connectivity index (χ4n) is 9.09. The van der Waals surface area contributed by atoms with Crippen LogP contribution in [-0.2, 0) is 0 Å². The zero-order valence-electron chi connectivity index (χ0n) is 32.5. The molecule has 0 spiro atoms. The highest BCUT2D eigenvalue weighted by Gasteiger charge is 2.25. The topological polar surface area (TPSA) is 19.6 Å². The Morgan fingerprint density at radius 1 is 0.333 bits per heavy atom. The van der Waals surface area contributed by atoms with Crippen molar-refractivity contribution < 1.29 is 4.42 Å². The average molecular weight is 785 g/mol. The summed E-state index contributed by atoms with van der Waals surface area (Å²) in [4.78, 5) is 4.84. The highest BCUT2D eigenvalue weighted by molar-refractivity contribution is 7.26. The second-order valence-electron chi connectivity index (χ2n) is 15.3. The summed E-state index contributed by atoms with van der Waals surface area (Å²) >= 11 is 1.84. The molecule has 3 nitrogen and oxygen atoms in total. The van der Waals surface area contributed by atoms with E-state index >= 15 is 0 Å². The lowest BCUT2D eigenvalue weighted by molar-refractivity contribution is 0.672. The van der Waals surface area contributed by atoms with Crippen molar-refractivity contribution >= 4 is 109 Å². The number of hydrogen-bond donors (Lipinski definition) is 0. The monoisotopic (exact) mass is 784 g/mol. The van der Waals surface area contributed by atoms with E-state index < -0.39 is 0 Å². The summed E-state index contributed by atoms with van der Waals surface area (Å²) in [6.07, 6.45) is 0. The molecule has 0 aliphatic carbocycles. The fraction of sp³-hybridized carbons (Fsp3) is 0. The van der Waals surface area contributed by atoms with E-state index in [0.29, 0.717) is 0 Å². The molecule has 10 aromatic carbocycles. The summed E-state index contributed by atoms with van der Waals surface area (Å²) in [6, 6.07) is 78.6. The summed E-state index contributed by atoms with van der Waals surface area (Å²) in [6.45, 7) is 0. The van der Waals surface area contributed by atoms with Crippen LogP contribution in [0.3, 0.4) is 0 Å². The molecule has 0 atom stereocenters. The molecule has 60 heavy (non-hydrogen) atoms. The number of nitrogens with zero attached hydrogens (tertiary/aromatic N) is 2. The summed E-state index contributed by atoms with van der Waals surface area (Å²) in [7, 11) is 0. The van der Waals surface area contributed by atoms with Gasteiger partial charge in [-0.1, -0.05) is 146 Å². The van der Waals surface area contributed by atoms with Crippen molar-refractivity contribution in [1.29, 1.82) is 0 Å². The number of hydrogen-bond acceptors (Lipinski definition) is 4. The summed E-state index contributed by atoms with van der Waals surface area (Å²) in [5, 5.41) is 9.21. The fourth-order valence-corrected chi connectivity index (χ4v) is 10.2. The first kappa shape index (κ1) is 34.4. The number of thiophene rings is 1. The van der Waals surface area contributed by atoms with Gasteiger partial charge >= 0.3 is 0 Å². The van der Waals surface area contributed by atoms with Gasteiger partial charge in [-0.25, -0.2) is 0 Å². The Labute approximate surface area is 351 Å². The molecule has 4 heteroatoms. The van der Waals surface area contributed by atoms with Crippen molar-refractivity contribution in [3.05, 3.63) is 218 Å². The highest BCUT2D eigenvalue weighted by atomic mass is 32.1. The van der Waals surface area contributed by atoms with Crippen LogP contribution < -0.4 is 9.80 Å². The Bertz CT molecular complexity index is 3550. The molecule has 0 unspecified atom stereocenters. The van der Waals surface area contributed by atoms with Crippen LogP contribution in [0.15, 0.2) is 223 Å². The van der Waals surface area contributed by atoms with E-state index in [9.17, 15) is 0 Å². The van der Waals surface area contributed by atoms with Gasteiger partial charge in [0.25, 0.3) is 0 Å². The molecular weight excluding hydrogens is 749 g/mol. The van der Waals surface area contributed by atoms with E-state index in [-0.39, 0.29) is 0 Å². The van der Waals surface area contributed by atoms with Gasteiger partial charge in [0.05, 0.1) is 22.4 Å². The van der Waals surface area contributed by atoms with Crippen molar-refractivity contribution in [2.75, 3.05) is 9.80 Å². The predicted octanol–water partition coefficient (Wildman–Crippen LogP) is 16.9. The van der Waals surface area contributed by atoms with Gasteiger partial charge in [0.1, 0.15) is 11.2 Å². The van der Waals surface area contributed by atoms with E-state index in [1.807, 2.05) is 11.3 Å². The van der Waals surface area contributed by atoms with Crippen LogP contribution in [0.25, 0.3) is 74.8 Å². The van der Waals surface area contributed by atoms with Crippen LogP contribution in [0.5, 0.6) is 0 Å². The standard InChI is InChI=1S/C56H36N2OS/c1-3-15-37(16-4-1)38-29-31-42(32-30-38)58(49-26-14-28-53-54(49)46-24-11-12-27-52(46)60-53)50-35-40-18-8-10-23-45(40)56-55(50)47-36-43(33-34-51(47)59-56)57(41-20-5-2-6-21-41)48-25-13-19-39-17-7-9-22-44(39)48/h1-36H. The third-order valence-corrected chi connectivity index (χ3v) is 12.9. The number of benzene rings is 10. The van der Waals surface area contributed by atoms with Crippen LogP contribution in [0.4, 0.5) is 34.1 Å². The van der Waals surface area contributed by atoms with Crippen LogP contribution in [0.1, 0.15) is 0 Å². The number of furan rings is 1. The van der Waals surface area contributed by atoms with Gasteiger partial charge in [-0.3, -0.25) is 0 Å². The van der Waals surface area contributed by atoms with Gasteiger partial charge in [0.15, 0.2) is 0 Å². The quantitative estimate of drug-likeness (QED) is 0.160. The number of fused-ring (bicyclic) bond motifs is 9. The Hall–Kier alpha value is -7.66. The van der Waals surface area contributed by atoms with E-state index in [2.05, 4.69) is 228 Å². The molecule has 0 radical (unpaired) electrons. The van der Waals surface area contributed by atoms with Crippen molar-refractivity contribution in [3.63, 3.8) is 0 Å². The van der Waals surface area contributed by atoms with Gasteiger partial charge < -0.3 is 14.2 Å². The molecule has 0 aliphatic rings. The molecule has 12 rings (SSSR count). The summed E-state index contributed by atoms with van der Waals surface area (Å²) in [5.74, 6) is 0. The molecule has 0 bridgehead atoms. The Balaban J connectivity index is 1.16. The first-order valence-electron chi connectivity index (χ1n) is 20.3. The Morgan fingerprint density at radius 3 is 1.77 bits per heavy atom. The maximum Gasteiger partial charge on any atom is 0.145 e. The molecule has 0 aliphatic heterocycles. The van der Waals surface area contributed by atoms with Crippen molar-refractivity contribution in [2.24, 2.45) is 0 Å². The molecule has 282 valence electrons. The maximum atomic E-state index is 7.02. The lowest BCUT2D eigenvalue weighted by Crippen LogP contribution is -2.11. The Kier molecular flexibility index (Phi) is 8.03. The number of rotatable bonds is 7. The molecule has 0 saturated carbocycles. The number of para-hydroxylation sites is 1. The lowest BCUT2D eigenvalue weighted by atomic mass is 10.00. The third kappa shape index (κ3) is 5.57. The van der Waals surface area contributed by atoms with Crippen LogP contribution >= 0.6 is 11.3 Å². The maximum absolute atomic E-state index is 7.02. The third-order valence-electron chi connectivity index (χ3n) is 11.8. The van der Waals surface area contributed by atoms with E-state index in [1.165, 1.54) is 42.1 Å². The van der Waals surface area contributed by atoms with Gasteiger partial charge in [0.2, 0.25) is 0 Å². The minimum atomic E-state index is 0.843. The summed E-state index contributed by atoms with van der Waals surface area (Å²) in [5.41, 5.74) is 10.6. The average Bonchev–Trinajstić information content (AvgIpc) is 3.90. The molecule has 2 heterocycles. The Morgan fingerprint density at radius 2 is 0.933 bits per heavy atom. The molecule has 0 fully saturated rings. The minimum absolute atomic E-state index is 0.843. The normalized spacial score (nSPS) is 11.7. The molecular formula is C56H36N2OS. The first-order chi connectivity index (χ1) is 29.8. The number of anilines is 6. The van der Waals surface area contributed by atoms with E-state index in [4.69, 9.17) is 4.42 Å². The molecule has 2 aromatic heterocycles. The van der Waals surface area contributed by atoms with Crippen molar-refractivity contribution in [2.45, 2.75) is 0 Å². The second-order valence-corrected chi connectivity index (χ2v) is 16.4.